The fourth-order valence-corrected chi connectivity index (χ4v) is 2.63. The van der Waals surface area contributed by atoms with Gasteiger partial charge in [0.15, 0.2) is 0 Å². The molecule has 0 bridgehead atoms. The van der Waals surface area contributed by atoms with E-state index < -0.39 is 15.1 Å². The molecule has 3 unspecified atom stereocenters. The van der Waals surface area contributed by atoms with E-state index in [0.29, 0.717) is 18.1 Å². The Morgan fingerprint density at radius 3 is 2.13 bits per heavy atom. The molecule has 0 aliphatic rings. The van der Waals surface area contributed by atoms with Crippen LogP contribution < -0.4 is 0 Å². The van der Waals surface area contributed by atoms with Gasteiger partial charge in [0.2, 0.25) is 0 Å². The first kappa shape index (κ1) is 22.0. The second-order valence-corrected chi connectivity index (χ2v) is 8.32. The van der Waals surface area contributed by atoms with Gasteiger partial charge in [-0.05, 0) is 24.8 Å². The Kier molecular flexibility index (Phi) is 10.3. The van der Waals surface area contributed by atoms with Crippen LogP contribution in [0.4, 0.5) is 0 Å². The lowest BCUT2D eigenvalue weighted by Gasteiger charge is -2.11. The maximum Gasteiger partial charge on any atom is 0.308 e. The molecule has 0 radical (unpaired) electrons. The molecule has 1 rings (SSSR count). The predicted octanol–water partition coefficient (Wildman–Crippen LogP) is 3.68. The van der Waals surface area contributed by atoms with Crippen LogP contribution in [0.1, 0.15) is 44.7 Å². The second-order valence-electron chi connectivity index (χ2n) is 5.63. The highest BCUT2D eigenvalue weighted by atomic mass is 32.2. The van der Waals surface area contributed by atoms with E-state index in [1.54, 1.807) is 30.3 Å². The number of carbonyl (C=O) groups is 1. The summed E-state index contributed by atoms with van der Waals surface area (Å²) in [5, 5.41) is 0. The number of ether oxygens (including phenoxy) is 1. The summed E-state index contributed by atoms with van der Waals surface area (Å²) in [5.41, 5.74) is 0.560. The van der Waals surface area contributed by atoms with Crippen molar-refractivity contribution in [2.75, 3.05) is 6.61 Å². The molecule has 0 saturated carbocycles. The Hall–Kier alpha value is -0.970. The van der Waals surface area contributed by atoms with E-state index in [-0.39, 0.29) is 11.9 Å². The smallest absolute Gasteiger partial charge is 0.308 e. The van der Waals surface area contributed by atoms with Crippen LogP contribution >= 0.6 is 9.24 Å². The van der Waals surface area contributed by atoms with Crippen molar-refractivity contribution in [2.45, 2.75) is 39.1 Å². The van der Waals surface area contributed by atoms with E-state index in [1.165, 1.54) is 0 Å². The molecule has 1 aromatic rings. The molecule has 0 heterocycles. The van der Waals surface area contributed by atoms with Crippen molar-refractivity contribution in [3.8, 4) is 0 Å². The van der Waals surface area contributed by atoms with Gasteiger partial charge < -0.3 is 4.74 Å². The zero-order valence-electron chi connectivity index (χ0n) is 14.1. The lowest BCUT2D eigenvalue weighted by molar-refractivity contribution is -0.147. The molecule has 23 heavy (non-hydrogen) atoms. The van der Waals surface area contributed by atoms with Crippen LogP contribution in [0.25, 0.3) is 0 Å². The summed E-state index contributed by atoms with van der Waals surface area (Å²) in [6.07, 6.45) is 0.916. The van der Waals surface area contributed by atoms with Gasteiger partial charge >= 0.3 is 5.97 Å². The summed E-state index contributed by atoms with van der Waals surface area (Å²) in [6.45, 7) is 8.45. The molecule has 0 aromatic heterocycles. The van der Waals surface area contributed by atoms with E-state index in [0.717, 1.165) is 6.42 Å². The molecular formula is C16H27O5PS. The minimum Gasteiger partial charge on any atom is -0.466 e. The average Bonchev–Trinajstić information content (AvgIpc) is 2.46. The highest BCUT2D eigenvalue weighted by Crippen LogP contribution is 2.27. The molecule has 1 N–H and O–H groups in total. The Morgan fingerprint density at radius 1 is 1.22 bits per heavy atom. The van der Waals surface area contributed by atoms with E-state index in [4.69, 9.17) is 9.29 Å². The van der Waals surface area contributed by atoms with Gasteiger partial charge in [0.05, 0.1) is 12.5 Å². The zero-order valence-corrected chi connectivity index (χ0v) is 16.1. The van der Waals surface area contributed by atoms with Crippen molar-refractivity contribution < 1.29 is 22.5 Å². The molecule has 5 nitrogen and oxygen atoms in total. The van der Waals surface area contributed by atoms with Crippen molar-refractivity contribution in [2.24, 2.45) is 11.8 Å². The Balaban J connectivity index is 0.000000423. The van der Waals surface area contributed by atoms with Gasteiger partial charge in [-0.1, -0.05) is 51.1 Å². The molecule has 1 aromatic carbocycles. The van der Waals surface area contributed by atoms with Crippen molar-refractivity contribution in [1.29, 1.82) is 0 Å². The first-order valence-corrected chi connectivity index (χ1v) is 9.70. The SMILES string of the molecule is CCOC(=O)C(C)CC(C)C.O=S(=O)(O)C(P)c1ccccc1. The molecular weight excluding hydrogens is 335 g/mol. The van der Waals surface area contributed by atoms with Crippen molar-refractivity contribution in [3.05, 3.63) is 35.9 Å². The van der Waals surface area contributed by atoms with E-state index in [2.05, 4.69) is 23.1 Å². The zero-order chi connectivity index (χ0) is 18.0. The van der Waals surface area contributed by atoms with Crippen LogP contribution in [0.3, 0.4) is 0 Å². The van der Waals surface area contributed by atoms with Crippen LogP contribution in [-0.4, -0.2) is 25.5 Å². The van der Waals surface area contributed by atoms with Crippen LogP contribution in [0.15, 0.2) is 30.3 Å². The number of rotatable bonds is 6. The van der Waals surface area contributed by atoms with Gasteiger partial charge in [0.25, 0.3) is 10.1 Å². The molecule has 132 valence electrons. The monoisotopic (exact) mass is 362 g/mol. The number of benzene rings is 1. The first-order valence-electron chi connectivity index (χ1n) is 7.53. The fourth-order valence-electron chi connectivity index (χ4n) is 1.90. The third-order valence-corrected chi connectivity index (χ3v) is 5.29. The molecule has 0 amide bonds. The summed E-state index contributed by atoms with van der Waals surface area (Å²) in [7, 11) is -1.91. The van der Waals surface area contributed by atoms with Crippen molar-refractivity contribution >= 4 is 25.3 Å². The van der Waals surface area contributed by atoms with Crippen molar-refractivity contribution in [1.82, 2.24) is 0 Å². The summed E-state index contributed by atoms with van der Waals surface area (Å²) < 4.78 is 34.9. The third kappa shape index (κ3) is 9.69. The summed E-state index contributed by atoms with van der Waals surface area (Å²) in [4.78, 5) is 10.1. The molecule has 3 atom stereocenters. The molecule has 0 spiro atoms. The van der Waals surface area contributed by atoms with Gasteiger partial charge in [-0.2, -0.15) is 8.42 Å². The normalized spacial score (nSPS) is 13.7. The summed E-state index contributed by atoms with van der Waals surface area (Å²) in [6, 6.07) is 8.51. The fraction of sp³-hybridized carbons (Fsp3) is 0.562. The Labute approximate surface area is 141 Å². The highest BCUT2D eigenvalue weighted by molar-refractivity contribution is 7.90. The van der Waals surface area contributed by atoms with Crippen molar-refractivity contribution in [3.63, 3.8) is 0 Å². The molecule has 0 aliphatic carbocycles. The number of carbonyl (C=O) groups excluding carboxylic acids is 1. The lowest BCUT2D eigenvalue weighted by atomic mass is 9.99. The predicted molar refractivity (Wildman–Crippen MR) is 95.7 cm³/mol. The summed E-state index contributed by atoms with van der Waals surface area (Å²) in [5.74, 6) is 0.547. The van der Waals surface area contributed by atoms with Gasteiger partial charge in [-0.3, -0.25) is 9.35 Å². The molecule has 0 aliphatic heterocycles. The third-order valence-electron chi connectivity index (χ3n) is 2.96. The molecule has 7 heteroatoms. The second kappa shape index (κ2) is 10.7. The van der Waals surface area contributed by atoms with Gasteiger partial charge in [-0.15, -0.1) is 9.24 Å². The number of hydrogen-bond donors (Lipinski definition) is 1. The van der Waals surface area contributed by atoms with Gasteiger partial charge in [-0.25, -0.2) is 0 Å². The van der Waals surface area contributed by atoms with Crippen LogP contribution in [-0.2, 0) is 19.6 Å². The van der Waals surface area contributed by atoms with Crippen LogP contribution in [0.5, 0.6) is 0 Å². The van der Waals surface area contributed by atoms with Gasteiger partial charge in [0.1, 0.15) is 4.99 Å². The minimum absolute atomic E-state index is 0.0509. The van der Waals surface area contributed by atoms with E-state index >= 15 is 0 Å². The van der Waals surface area contributed by atoms with E-state index in [1.807, 2.05) is 13.8 Å². The first-order chi connectivity index (χ1) is 10.6. The average molecular weight is 362 g/mol. The Bertz CT molecular complexity index is 557. The minimum atomic E-state index is -3.99. The molecule has 0 fully saturated rings. The van der Waals surface area contributed by atoms with Gasteiger partial charge in [0, 0.05) is 0 Å². The largest absolute Gasteiger partial charge is 0.466 e. The van der Waals surface area contributed by atoms with Crippen LogP contribution in [0, 0.1) is 11.8 Å². The maximum absolute atomic E-state index is 11.1. The Morgan fingerprint density at radius 2 is 1.74 bits per heavy atom. The highest BCUT2D eigenvalue weighted by Gasteiger charge is 2.18. The number of esters is 1. The van der Waals surface area contributed by atoms with Crippen LogP contribution in [0.2, 0.25) is 0 Å². The number of hydrogen-bond acceptors (Lipinski definition) is 4. The molecule has 0 saturated heterocycles. The summed E-state index contributed by atoms with van der Waals surface area (Å²) >= 11 is 0. The maximum atomic E-state index is 11.1. The lowest BCUT2D eigenvalue weighted by Crippen LogP contribution is -2.16. The van der Waals surface area contributed by atoms with E-state index in [9.17, 15) is 13.2 Å². The quantitative estimate of drug-likeness (QED) is 0.474. The standard InChI is InChI=1S/C9H18O2.C7H9O3PS/c1-5-11-9(10)8(4)6-7(2)3;8-12(9,10)7(11)6-4-2-1-3-5-6/h7-8H,5-6H2,1-4H3;1-5,7H,11H2,(H,8,9,10). The topological polar surface area (TPSA) is 80.7 Å².